The van der Waals surface area contributed by atoms with Crippen LogP contribution in [0.3, 0.4) is 0 Å². The van der Waals surface area contributed by atoms with Gasteiger partial charge in [-0.05, 0) is 80.1 Å². The zero-order valence-electron chi connectivity index (χ0n) is 21.2. The molecule has 11 heteroatoms. The molecule has 2 aliphatic rings. The van der Waals surface area contributed by atoms with E-state index in [9.17, 15) is 12.8 Å². The van der Waals surface area contributed by atoms with Crippen molar-refractivity contribution in [3.63, 3.8) is 0 Å². The van der Waals surface area contributed by atoms with Crippen molar-refractivity contribution in [2.75, 3.05) is 19.7 Å². The van der Waals surface area contributed by atoms with E-state index in [0.29, 0.717) is 19.7 Å². The van der Waals surface area contributed by atoms with E-state index in [1.165, 1.54) is 23.1 Å². The van der Waals surface area contributed by atoms with Crippen LogP contribution in [0.15, 0.2) is 53.8 Å². The van der Waals surface area contributed by atoms with Gasteiger partial charge in [0, 0.05) is 30.9 Å². The predicted octanol–water partition coefficient (Wildman–Crippen LogP) is 3.21. The van der Waals surface area contributed by atoms with Gasteiger partial charge in [-0.3, -0.25) is 0 Å². The van der Waals surface area contributed by atoms with Gasteiger partial charge in [0.1, 0.15) is 5.82 Å². The Bertz CT molecular complexity index is 1600. The second-order valence-corrected chi connectivity index (χ2v) is 12.2. The molecule has 6 rings (SSSR count). The molecule has 2 aromatic carbocycles. The molecule has 9 nitrogen and oxygen atoms in total. The number of nitrogens with zero attached hydrogens (tertiary/aromatic N) is 6. The van der Waals surface area contributed by atoms with Crippen LogP contribution in [0.4, 0.5) is 4.39 Å². The predicted molar refractivity (Wildman–Crippen MR) is 135 cm³/mol. The third-order valence-electron chi connectivity index (χ3n) is 7.82. The molecule has 3 heterocycles. The third-order valence-corrected chi connectivity index (χ3v) is 9.49. The van der Waals surface area contributed by atoms with E-state index in [4.69, 9.17) is 4.74 Å². The van der Waals surface area contributed by atoms with Crippen LogP contribution in [0.1, 0.15) is 25.0 Å². The number of aromatic nitrogens is 5. The lowest BCUT2D eigenvalue weighted by Crippen LogP contribution is -2.36. The van der Waals surface area contributed by atoms with Crippen LogP contribution in [0, 0.1) is 24.6 Å². The summed E-state index contributed by atoms with van der Waals surface area (Å²) in [5.74, 6) is 0.0573. The largest absolute Gasteiger partial charge is 0.378 e. The molecule has 0 amide bonds. The van der Waals surface area contributed by atoms with Gasteiger partial charge in [-0.2, -0.15) is 19.3 Å². The highest BCUT2D eigenvalue weighted by molar-refractivity contribution is 7.89. The van der Waals surface area contributed by atoms with E-state index in [0.717, 1.165) is 27.7 Å². The molecule has 1 saturated carbocycles. The molecule has 1 saturated heterocycles. The monoisotopic (exact) mass is 524 g/mol. The lowest BCUT2D eigenvalue weighted by Gasteiger charge is -2.24. The Kier molecular flexibility index (Phi) is 5.52. The Labute approximate surface area is 214 Å². The molecule has 3 atom stereocenters. The average Bonchev–Trinajstić information content (AvgIpc) is 3.31. The molecule has 194 valence electrons. The first-order valence-electron chi connectivity index (χ1n) is 12.3. The van der Waals surface area contributed by atoms with Crippen molar-refractivity contribution < 1.29 is 17.5 Å². The minimum absolute atomic E-state index is 0.0332. The Morgan fingerprint density at radius 2 is 1.92 bits per heavy atom. The van der Waals surface area contributed by atoms with Gasteiger partial charge in [-0.15, -0.1) is 5.10 Å². The molecular weight excluding hydrogens is 495 g/mol. The third kappa shape index (κ3) is 3.79. The first-order chi connectivity index (χ1) is 17.6. The average molecular weight is 525 g/mol. The van der Waals surface area contributed by atoms with Crippen molar-refractivity contribution in [2.24, 2.45) is 18.9 Å². The number of piperidine rings is 1. The van der Waals surface area contributed by atoms with Crippen LogP contribution in [-0.2, 0) is 27.2 Å². The second-order valence-electron chi connectivity index (χ2n) is 10.4. The number of benzene rings is 2. The number of sulfonamides is 1. The van der Waals surface area contributed by atoms with Gasteiger partial charge < -0.3 is 4.74 Å². The number of hydrogen-bond acceptors (Lipinski definition) is 6. The molecule has 37 heavy (non-hydrogen) atoms. The molecule has 0 bridgehead atoms. The topological polar surface area (TPSA) is 95.1 Å². The van der Waals surface area contributed by atoms with Gasteiger partial charge in [-0.25, -0.2) is 17.5 Å². The summed E-state index contributed by atoms with van der Waals surface area (Å²) < 4.78 is 49.6. The summed E-state index contributed by atoms with van der Waals surface area (Å²) in [6.45, 7) is 7.43. The van der Waals surface area contributed by atoms with Crippen molar-refractivity contribution in [1.29, 1.82) is 0 Å². The highest BCUT2D eigenvalue weighted by Gasteiger charge is 2.71. The SMILES string of the molecule is Cc1cc2c(cnn2-c2ccc(F)cc2)cc1C12CN(S(=O)(=O)c3cnn(C)n3)CC1C2COC(C)C. The summed E-state index contributed by atoms with van der Waals surface area (Å²) >= 11 is 0. The molecule has 1 aliphatic carbocycles. The molecule has 1 aliphatic heterocycles. The molecule has 0 radical (unpaired) electrons. The van der Waals surface area contributed by atoms with Crippen LogP contribution in [-0.4, -0.2) is 63.3 Å². The maximum Gasteiger partial charge on any atom is 0.264 e. The van der Waals surface area contributed by atoms with Crippen molar-refractivity contribution >= 4 is 20.9 Å². The summed E-state index contributed by atoms with van der Waals surface area (Å²) in [7, 11) is -2.16. The number of fused-ring (bicyclic) bond motifs is 2. The highest BCUT2D eigenvalue weighted by atomic mass is 32.2. The van der Waals surface area contributed by atoms with Gasteiger partial charge in [-0.1, -0.05) is 0 Å². The normalized spacial score (nSPS) is 23.7. The Balaban J connectivity index is 1.39. The summed E-state index contributed by atoms with van der Waals surface area (Å²) in [6, 6.07) is 10.5. The first kappa shape index (κ1) is 24.2. The molecule has 4 aromatic rings. The van der Waals surface area contributed by atoms with Crippen molar-refractivity contribution in [3.8, 4) is 5.69 Å². The summed E-state index contributed by atoms with van der Waals surface area (Å²) in [4.78, 5) is 1.26. The van der Waals surface area contributed by atoms with Crippen molar-refractivity contribution in [2.45, 2.75) is 37.3 Å². The number of rotatable bonds is 7. The number of hydrogen-bond donors (Lipinski definition) is 0. The molecule has 3 unspecified atom stereocenters. The lowest BCUT2D eigenvalue weighted by atomic mass is 9.88. The van der Waals surface area contributed by atoms with E-state index in [1.54, 1.807) is 34.4 Å². The minimum Gasteiger partial charge on any atom is -0.378 e. The fourth-order valence-corrected chi connectivity index (χ4v) is 7.39. The Hall–Kier alpha value is -3.15. The highest BCUT2D eigenvalue weighted by Crippen LogP contribution is 2.65. The van der Waals surface area contributed by atoms with Crippen molar-refractivity contribution in [1.82, 2.24) is 29.1 Å². The Morgan fingerprint density at radius 1 is 1.16 bits per heavy atom. The summed E-state index contributed by atoms with van der Waals surface area (Å²) in [6.07, 6.45) is 3.19. The summed E-state index contributed by atoms with van der Waals surface area (Å²) in [5.41, 5.74) is 3.53. The van der Waals surface area contributed by atoms with E-state index in [2.05, 4.69) is 34.4 Å². The quantitative estimate of drug-likeness (QED) is 0.369. The van der Waals surface area contributed by atoms with Crippen LogP contribution < -0.4 is 0 Å². The second kappa shape index (κ2) is 8.44. The van der Waals surface area contributed by atoms with Gasteiger partial charge in [0.25, 0.3) is 10.0 Å². The Morgan fingerprint density at radius 3 is 2.59 bits per heavy atom. The molecule has 0 spiro atoms. The van der Waals surface area contributed by atoms with Gasteiger partial charge in [0.15, 0.2) is 0 Å². The molecular formula is C26H29FN6O3S. The maximum atomic E-state index is 13.5. The lowest BCUT2D eigenvalue weighted by molar-refractivity contribution is 0.0615. The number of halogens is 1. The van der Waals surface area contributed by atoms with Crippen LogP contribution in [0.5, 0.6) is 0 Å². The smallest absolute Gasteiger partial charge is 0.264 e. The maximum absolute atomic E-state index is 13.5. The van der Waals surface area contributed by atoms with E-state index in [-0.39, 0.29) is 34.2 Å². The number of ether oxygens (including phenoxy) is 1. The van der Waals surface area contributed by atoms with Crippen LogP contribution >= 0.6 is 0 Å². The summed E-state index contributed by atoms with van der Waals surface area (Å²) in [5, 5.41) is 13.5. The van der Waals surface area contributed by atoms with Crippen molar-refractivity contribution in [3.05, 3.63) is 65.7 Å². The fourth-order valence-electron chi connectivity index (χ4n) is 5.98. The van der Waals surface area contributed by atoms with E-state index >= 15 is 0 Å². The standard InChI is InChI=1S/C26H29FN6O3S/c1-16(2)36-14-23-22-13-32(37(34,35)25-12-28-31(4)30-25)15-26(22,23)21-10-18-11-29-33(24(18)9-17(21)3)20-7-5-19(27)6-8-20/h5-12,16,22-23H,13-15H2,1-4H3. The zero-order valence-corrected chi connectivity index (χ0v) is 22.0. The molecule has 0 N–H and O–H groups in total. The van der Waals surface area contributed by atoms with E-state index < -0.39 is 10.0 Å². The minimum atomic E-state index is -3.76. The van der Waals surface area contributed by atoms with E-state index in [1.807, 2.05) is 13.8 Å². The molecule has 2 fully saturated rings. The first-order valence-corrected chi connectivity index (χ1v) is 13.8. The van der Waals surface area contributed by atoms with Gasteiger partial charge in [0.05, 0.1) is 36.3 Å². The fraction of sp³-hybridized carbons (Fsp3) is 0.423. The van der Waals surface area contributed by atoms with Gasteiger partial charge >= 0.3 is 0 Å². The molecule has 2 aromatic heterocycles. The zero-order chi connectivity index (χ0) is 26.1. The van der Waals surface area contributed by atoms with Crippen LogP contribution in [0.2, 0.25) is 0 Å². The van der Waals surface area contributed by atoms with Crippen LogP contribution in [0.25, 0.3) is 16.6 Å². The van der Waals surface area contributed by atoms with Gasteiger partial charge in [0.2, 0.25) is 5.03 Å². The number of aryl methyl sites for hydroxylation is 2.